The summed E-state index contributed by atoms with van der Waals surface area (Å²) < 4.78 is 6.18. The summed E-state index contributed by atoms with van der Waals surface area (Å²) in [7, 11) is 4.04. The van der Waals surface area contributed by atoms with Crippen molar-refractivity contribution in [2.45, 2.75) is 32.2 Å². The molecule has 3 aromatic rings. The van der Waals surface area contributed by atoms with Crippen LogP contribution in [0, 0.1) is 5.92 Å². The lowest BCUT2D eigenvalue weighted by molar-refractivity contribution is -0.121. The molecule has 0 aliphatic carbocycles. The fourth-order valence-corrected chi connectivity index (χ4v) is 4.45. The Hall–Kier alpha value is -2.37. The Balaban J connectivity index is 1.28. The van der Waals surface area contributed by atoms with E-state index in [9.17, 15) is 4.79 Å². The molecule has 0 unspecified atom stereocenters. The monoisotopic (exact) mass is 407 g/mol. The summed E-state index contributed by atoms with van der Waals surface area (Å²) in [6, 6.07) is 14.7. The van der Waals surface area contributed by atoms with Gasteiger partial charge < -0.3 is 14.6 Å². The summed E-state index contributed by atoms with van der Waals surface area (Å²) in [6.07, 6.45) is 3.99. The van der Waals surface area contributed by atoms with Crippen LogP contribution in [-0.4, -0.2) is 56.0 Å². The molecule has 0 atom stereocenters. The SMILES string of the molecule is CN(C)CCNC(=O)CCC1CCN(Cc2cccc3c2oc2ccccc23)CC1. The van der Waals surface area contributed by atoms with Crippen LogP contribution in [0.25, 0.3) is 21.9 Å². The van der Waals surface area contributed by atoms with Crippen molar-refractivity contribution < 1.29 is 9.21 Å². The van der Waals surface area contributed by atoms with Crippen molar-refractivity contribution >= 4 is 27.8 Å². The standard InChI is InChI=1S/C25H33N3O2/c1-27(2)17-14-26-24(29)11-10-19-12-15-28(16-13-19)18-20-6-5-8-22-21-7-3-4-9-23(21)30-25(20)22/h3-9,19H,10-18H2,1-2H3,(H,26,29). The number of nitrogens with one attached hydrogen (secondary N) is 1. The van der Waals surface area contributed by atoms with Gasteiger partial charge in [0.15, 0.2) is 0 Å². The highest BCUT2D eigenvalue weighted by Gasteiger charge is 2.21. The predicted octanol–water partition coefficient (Wildman–Crippen LogP) is 4.26. The van der Waals surface area contributed by atoms with Gasteiger partial charge in [-0.1, -0.05) is 36.4 Å². The van der Waals surface area contributed by atoms with Crippen molar-refractivity contribution in [3.8, 4) is 0 Å². The highest BCUT2D eigenvalue weighted by molar-refractivity contribution is 6.05. The van der Waals surface area contributed by atoms with Crippen molar-refractivity contribution in [3.05, 3.63) is 48.0 Å². The summed E-state index contributed by atoms with van der Waals surface area (Å²) in [5, 5.41) is 5.42. The van der Waals surface area contributed by atoms with Crippen LogP contribution in [0.5, 0.6) is 0 Å². The molecule has 4 rings (SSSR count). The average Bonchev–Trinajstić information content (AvgIpc) is 3.13. The molecule has 5 nitrogen and oxygen atoms in total. The third-order valence-corrected chi connectivity index (χ3v) is 6.25. The Morgan fingerprint density at radius 1 is 1.10 bits per heavy atom. The molecule has 0 bridgehead atoms. The van der Waals surface area contributed by atoms with E-state index in [1.807, 2.05) is 26.2 Å². The minimum Gasteiger partial charge on any atom is -0.456 e. The molecule has 1 amide bonds. The van der Waals surface area contributed by atoms with E-state index >= 15 is 0 Å². The molecule has 1 N–H and O–H groups in total. The van der Waals surface area contributed by atoms with Crippen molar-refractivity contribution in [1.82, 2.24) is 15.1 Å². The minimum atomic E-state index is 0.191. The van der Waals surface area contributed by atoms with Gasteiger partial charge in [-0.3, -0.25) is 9.69 Å². The van der Waals surface area contributed by atoms with E-state index in [1.165, 1.54) is 29.2 Å². The molecule has 1 aromatic heterocycles. The number of fused-ring (bicyclic) bond motifs is 3. The molecule has 0 spiro atoms. The van der Waals surface area contributed by atoms with E-state index in [0.717, 1.165) is 50.3 Å². The molecule has 1 fully saturated rings. The van der Waals surface area contributed by atoms with Crippen LogP contribution < -0.4 is 5.32 Å². The lowest BCUT2D eigenvalue weighted by Gasteiger charge is -2.32. The van der Waals surface area contributed by atoms with Crippen LogP contribution in [-0.2, 0) is 11.3 Å². The number of likely N-dealkylation sites (N-methyl/N-ethyl adjacent to an activating group) is 1. The summed E-state index contributed by atoms with van der Waals surface area (Å²) in [5.74, 6) is 0.846. The van der Waals surface area contributed by atoms with Gasteiger partial charge in [-0.2, -0.15) is 0 Å². The molecule has 30 heavy (non-hydrogen) atoms. The molecule has 1 aliphatic rings. The van der Waals surface area contributed by atoms with E-state index in [-0.39, 0.29) is 5.91 Å². The smallest absolute Gasteiger partial charge is 0.220 e. The maximum absolute atomic E-state index is 12.0. The number of likely N-dealkylation sites (tertiary alicyclic amines) is 1. The molecule has 160 valence electrons. The second-order valence-corrected chi connectivity index (χ2v) is 8.80. The van der Waals surface area contributed by atoms with Crippen molar-refractivity contribution in [1.29, 1.82) is 0 Å². The van der Waals surface area contributed by atoms with Crippen molar-refractivity contribution in [3.63, 3.8) is 0 Å². The third-order valence-electron chi connectivity index (χ3n) is 6.25. The number of benzene rings is 2. The second kappa shape index (κ2) is 9.63. The van der Waals surface area contributed by atoms with E-state index in [2.05, 4.69) is 45.4 Å². The van der Waals surface area contributed by atoms with Gasteiger partial charge in [0.2, 0.25) is 5.91 Å². The number of hydrogen-bond acceptors (Lipinski definition) is 4. The lowest BCUT2D eigenvalue weighted by Crippen LogP contribution is -2.34. The first kappa shape index (κ1) is 20.9. The number of carbonyl (C=O) groups is 1. The zero-order valence-corrected chi connectivity index (χ0v) is 18.2. The predicted molar refractivity (Wildman–Crippen MR) is 123 cm³/mol. The minimum absolute atomic E-state index is 0.191. The Kier molecular flexibility index (Phi) is 6.70. The van der Waals surface area contributed by atoms with Crippen molar-refractivity contribution in [2.75, 3.05) is 40.3 Å². The molecule has 0 saturated carbocycles. The molecule has 1 aliphatic heterocycles. The Morgan fingerprint density at radius 3 is 2.67 bits per heavy atom. The number of piperidine rings is 1. The zero-order chi connectivity index (χ0) is 20.9. The van der Waals surface area contributed by atoms with Crippen LogP contribution in [0.3, 0.4) is 0 Å². The van der Waals surface area contributed by atoms with E-state index in [0.29, 0.717) is 12.3 Å². The third kappa shape index (κ3) is 5.02. The number of furan rings is 1. The van der Waals surface area contributed by atoms with Gasteiger partial charge in [-0.25, -0.2) is 0 Å². The normalized spacial score (nSPS) is 16.0. The van der Waals surface area contributed by atoms with Crippen LogP contribution in [0.2, 0.25) is 0 Å². The second-order valence-electron chi connectivity index (χ2n) is 8.80. The Bertz CT molecular complexity index is 986. The highest BCUT2D eigenvalue weighted by Crippen LogP contribution is 2.32. The summed E-state index contributed by atoms with van der Waals surface area (Å²) in [4.78, 5) is 16.6. The Labute approximate surface area is 179 Å². The average molecular weight is 408 g/mol. The van der Waals surface area contributed by atoms with E-state index in [1.54, 1.807) is 0 Å². The van der Waals surface area contributed by atoms with E-state index in [4.69, 9.17) is 4.42 Å². The van der Waals surface area contributed by atoms with Gasteiger partial charge in [0, 0.05) is 42.4 Å². The summed E-state index contributed by atoms with van der Waals surface area (Å²) in [6.45, 7) is 4.72. The highest BCUT2D eigenvalue weighted by atomic mass is 16.3. The number of nitrogens with zero attached hydrogens (tertiary/aromatic N) is 2. The van der Waals surface area contributed by atoms with Gasteiger partial charge in [0.1, 0.15) is 11.2 Å². The van der Waals surface area contributed by atoms with Gasteiger partial charge in [-0.05, 0) is 58.4 Å². The van der Waals surface area contributed by atoms with Crippen LogP contribution in [0.1, 0.15) is 31.2 Å². The van der Waals surface area contributed by atoms with Gasteiger partial charge in [-0.15, -0.1) is 0 Å². The fraction of sp³-hybridized carbons (Fsp3) is 0.480. The number of para-hydroxylation sites is 2. The molecule has 0 radical (unpaired) electrons. The van der Waals surface area contributed by atoms with E-state index < -0.39 is 0 Å². The molecule has 2 aromatic carbocycles. The maximum Gasteiger partial charge on any atom is 0.220 e. The fourth-order valence-electron chi connectivity index (χ4n) is 4.45. The molecule has 1 saturated heterocycles. The van der Waals surface area contributed by atoms with Crippen molar-refractivity contribution in [2.24, 2.45) is 5.92 Å². The van der Waals surface area contributed by atoms with Crippen LogP contribution >= 0.6 is 0 Å². The first-order valence-corrected chi connectivity index (χ1v) is 11.1. The molecule has 5 heteroatoms. The number of amides is 1. The number of hydrogen-bond donors (Lipinski definition) is 1. The number of rotatable bonds is 8. The first-order chi connectivity index (χ1) is 14.6. The van der Waals surface area contributed by atoms with Crippen LogP contribution in [0.15, 0.2) is 46.9 Å². The largest absolute Gasteiger partial charge is 0.456 e. The Morgan fingerprint density at radius 2 is 1.87 bits per heavy atom. The van der Waals surface area contributed by atoms with Gasteiger partial charge >= 0.3 is 0 Å². The molecular weight excluding hydrogens is 374 g/mol. The topological polar surface area (TPSA) is 48.7 Å². The van der Waals surface area contributed by atoms with Gasteiger partial charge in [0.25, 0.3) is 0 Å². The quantitative estimate of drug-likeness (QED) is 0.606. The summed E-state index contributed by atoms with van der Waals surface area (Å²) >= 11 is 0. The maximum atomic E-state index is 12.0. The first-order valence-electron chi connectivity index (χ1n) is 11.1. The van der Waals surface area contributed by atoms with Crippen LogP contribution in [0.4, 0.5) is 0 Å². The molecular formula is C25H33N3O2. The van der Waals surface area contributed by atoms with Gasteiger partial charge in [0.05, 0.1) is 0 Å². The lowest BCUT2D eigenvalue weighted by atomic mass is 9.91. The summed E-state index contributed by atoms with van der Waals surface area (Å²) in [5.41, 5.74) is 3.25. The molecule has 2 heterocycles. The number of carbonyl (C=O) groups excluding carboxylic acids is 1. The zero-order valence-electron chi connectivity index (χ0n) is 18.2.